The van der Waals surface area contributed by atoms with E-state index in [0.29, 0.717) is 11.9 Å². The van der Waals surface area contributed by atoms with Crippen molar-refractivity contribution >= 4 is 17.3 Å². The van der Waals surface area contributed by atoms with Crippen molar-refractivity contribution in [1.82, 2.24) is 20.5 Å². The minimum Gasteiger partial charge on any atom is -0.396 e. The summed E-state index contributed by atoms with van der Waals surface area (Å²) in [4.78, 5) is 26.0. The molecule has 1 aromatic heterocycles. The number of carbonyl (C=O) groups excluding carboxylic acids is 1. The zero-order valence-corrected chi connectivity index (χ0v) is 10.8. The van der Waals surface area contributed by atoms with Gasteiger partial charge in [0.1, 0.15) is 17.7 Å². The van der Waals surface area contributed by atoms with Gasteiger partial charge in [-0.05, 0) is 13.0 Å². The summed E-state index contributed by atoms with van der Waals surface area (Å²) < 4.78 is 13.3. The van der Waals surface area contributed by atoms with E-state index < -0.39 is 28.4 Å². The average molecular weight is 294 g/mol. The van der Waals surface area contributed by atoms with Gasteiger partial charge in [-0.15, -0.1) is 0 Å². The maximum absolute atomic E-state index is 13.3. The van der Waals surface area contributed by atoms with Crippen molar-refractivity contribution in [3.63, 3.8) is 0 Å². The molecule has 0 saturated heterocycles. The largest absolute Gasteiger partial charge is 0.396 e. The molecule has 10 heteroatoms. The normalized spacial score (nSPS) is 11.9. The fourth-order valence-electron chi connectivity index (χ4n) is 1.68. The standard InChI is InChI=1S/C11H11FN6O3/c1-5(10-14-4-15-17-10)16-11(19)6-2-8(13)7(12)3-9(6)18(20)21/h2-5H,13H2,1H3,(H,16,19)(H,14,15,17). The molecule has 0 fully saturated rings. The van der Waals surface area contributed by atoms with Gasteiger partial charge in [0, 0.05) is 0 Å². The molecule has 0 radical (unpaired) electrons. The molecule has 0 aliphatic carbocycles. The summed E-state index contributed by atoms with van der Waals surface area (Å²) in [6.45, 7) is 1.61. The van der Waals surface area contributed by atoms with Crippen LogP contribution in [0.1, 0.15) is 29.1 Å². The number of nitrogen functional groups attached to an aromatic ring is 1. The Kier molecular flexibility index (Phi) is 3.78. The van der Waals surface area contributed by atoms with Gasteiger partial charge in [0.05, 0.1) is 22.7 Å². The molecule has 0 aliphatic heterocycles. The molecule has 1 aromatic carbocycles. The Hall–Kier alpha value is -3.04. The van der Waals surface area contributed by atoms with Crippen LogP contribution >= 0.6 is 0 Å². The van der Waals surface area contributed by atoms with Crippen LogP contribution in [0.3, 0.4) is 0 Å². The molecule has 0 saturated carbocycles. The molecule has 1 heterocycles. The topological polar surface area (TPSA) is 140 Å². The van der Waals surface area contributed by atoms with Crippen LogP contribution in [0.5, 0.6) is 0 Å². The van der Waals surface area contributed by atoms with Crippen molar-refractivity contribution in [2.75, 3.05) is 5.73 Å². The average Bonchev–Trinajstić information content (AvgIpc) is 2.95. The van der Waals surface area contributed by atoms with Crippen molar-refractivity contribution in [2.24, 2.45) is 0 Å². The Bertz CT molecular complexity index is 688. The van der Waals surface area contributed by atoms with E-state index >= 15 is 0 Å². The number of amides is 1. The van der Waals surface area contributed by atoms with Crippen molar-refractivity contribution < 1.29 is 14.1 Å². The van der Waals surface area contributed by atoms with Gasteiger partial charge in [-0.25, -0.2) is 9.37 Å². The Balaban J connectivity index is 2.30. The number of nitro groups is 1. The minimum absolute atomic E-state index is 0.328. The summed E-state index contributed by atoms with van der Waals surface area (Å²) >= 11 is 0. The van der Waals surface area contributed by atoms with E-state index in [-0.39, 0.29) is 11.3 Å². The number of rotatable bonds is 4. The summed E-state index contributed by atoms with van der Waals surface area (Å²) in [5, 5.41) is 19.6. The second-order valence-corrected chi connectivity index (χ2v) is 4.21. The first-order valence-electron chi connectivity index (χ1n) is 5.79. The number of H-pyrrole nitrogens is 1. The predicted molar refractivity (Wildman–Crippen MR) is 69.7 cm³/mol. The number of nitrogens with one attached hydrogen (secondary N) is 2. The van der Waals surface area contributed by atoms with Crippen LogP contribution in [0.2, 0.25) is 0 Å². The highest BCUT2D eigenvalue weighted by Crippen LogP contribution is 2.24. The lowest BCUT2D eigenvalue weighted by molar-refractivity contribution is -0.385. The molecule has 1 amide bonds. The third kappa shape index (κ3) is 2.94. The Morgan fingerprint density at radius 1 is 1.57 bits per heavy atom. The highest BCUT2D eigenvalue weighted by molar-refractivity contribution is 5.99. The van der Waals surface area contributed by atoms with E-state index in [1.165, 1.54) is 6.33 Å². The van der Waals surface area contributed by atoms with Crippen molar-refractivity contribution in [1.29, 1.82) is 0 Å². The number of benzene rings is 1. The first-order valence-corrected chi connectivity index (χ1v) is 5.79. The molecule has 1 atom stereocenters. The molecule has 0 aliphatic rings. The number of aromatic nitrogens is 3. The molecule has 2 aromatic rings. The number of carbonyl (C=O) groups is 1. The summed E-state index contributed by atoms with van der Waals surface area (Å²) in [5.74, 6) is -1.35. The van der Waals surface area contributed by atoms with Gasteiger partial charge in [0.2, 0.25) is 0 Å². The maximum atomic E-state index is 13.3. The Morgan fingerprint density at radius 3 is 2.86 bits per heavy atom. The molecule has 9 nitrogen and oxygen atoms in total. The highest BCUT2D eigenvalue weighted by atomic mass is 19.1. The van der Waals surface area contributed by atoms with Gasteiger partial charge in [-0.3, -0.25) is 20.0 Å². The lowest BCUT2D eigenvalue weighted by Gasteiger charge is -2.11. The fraction of sp³-hybridized carbons (Fsp3) is 0.182. The van der Waals surface area contributed by atoms with Gasteiger partial charge in [-0.1, -0.05) is 0 Å². The minimum atomic E-state index is -0.957. The van der Waals surface area contributed by atoms with Gasteiger partial charge in [0.15, 0.2) is 5.82 Å². The lowest BCUT2D eigenvalue weighted by Crippen LogP contribution is -2.28. The van der Waals surface area contributed by atoms with E-state index in [2.05, 4.69) is 20.5 Å². The van der Waals surface area contributed by atoms with Crippen LogP contribution < -0.4 is 11.1 Å². The number of nitrogens with two attached hydrogens (primary N) is 1. The first-order chi connectivity index (χ1) is 9.90. The van der Waals surface area contributed by atoms with E-state index in [0.717, 1.165) is 6.07 Å². The zero-order valence-electron chi connectivity index (χ0n) is 10.8. The van der Waals surface area contributed by atoms with Crippen LogP contribution in [-0.2, 0) is 0 Å². The van der Waals surface area contributed by atoms with Gasteiger partial charge in [-0.2, -0.15) is 5.10 Å². The zero-order chi connectivity index (χ0) is 15.6. The van der Waals surface area contributed by atoms with Crippen molar-refractivity contribution in [3.05, 3.63) is 45.8 Å². The number of anilines is 1. The second kappa shape index (κ2) is 5.53. The summed E-state index contributed by atoms with van der Waals surface area (Å²) in [5.41, 5.74) is 4.01. The van der Waals surface area contributed by atoms with E-state index in [1.807, 2.05) is 0 Å². The van der Waals surface area contributed by atoms with E-state index in [4.69, 9.17) is 5.73 Å². The van der Waals surface area contributed by atoms with E-state index in [1.54, 1.807) is 6.92 Å². The van der Waals surface area contributed by atoms with Crippen LogP contribution in [-0.4, -0.2) is 26.0 Å². The third-order valence-electron chi connectivity index (χ3n) is 2.75. The van der Waals surface area contributed by atoms with Crippen LogP contribution in [0.25, 0.3) is 0 Å². The number of nitrogens with zero attached hydrogens (tertiary/aromatic N) is 3. The molecule has 21 heavy (non-hydrogen) atoms. The van der Waals surface area contributed by atoms with Gasteiger partial charge >= 0.3 is 0 Å². The van der Waals surface area contributed by atoms with Crippen LogP contribution in [0, 0.1) is 15.9 Å². The lowest BCUT2D eigenvalue weighted by atomic mass is 10.1. The smallest absolute Gasteiger partial charge is 0.285 e. The van der Waals surface area contributed by atoms with E-state index in [9.17, 15) is 19.3 Å². The quantitative estimate of drug-likeness (QED) is 0.435. The monoisotopic (exact) mass is 294 g/mol. The summed E-state index contributed by atoms with van der Waals surface area (Å²) in [6.07, 6.45) is 1.26. The first kappa shape index (κ1) is 14.4. The van der Waals surface area contributed by atoms with Crippen LogP contribution in [0.4, 0.5) is 15.8 Å². The Labute approximate surface area is 117 Å². The molecule has 0 bridgehead atoms. The van der Waals surface area contributed by atoms with Crippen molar-refractivity contribution in [3.8, 4) is 0 Å². The molecular formula is C11H11FN6O3. The summed E-state index contributed by atoms with van der Waals surface area (Å²) in [7, 11) is 0. The highest BCUT2D eigenvalue weighted by Gasteiger charge is 2.24. The summed E-state index contributed by atoms with van der Waals surface area (Å²) in [6, 6.07) is 0.977. The van der Waals surface area contributed by atoms with Gasteiger partial charge in [0.25, 0.3) is 11.6 Å². The molecular weight excluding hydrogens is 283 g/mol. The van der Waals surface area contributed by atoms with Crippen LogP contribution in [0.15, 0.2) is 18.5 Å². The molecule has 2 rings (SSSR count). The molecule has 1 unspecified atom stereocenters. The van der Waals surface area contributed by atoms with Gasteiger partial charge < -0.3 is 11.1 Å². The SMILES string of the molecule is CC(NC(=O)c1cc(N)c(F)cc1[N+](=O)[O-])c1ncn[nH]1. The molecule has 110 valence electrons. The number of aromatic amines is 1. The number of hydrogen-bond acceptors (Lipinski definition) is 6. The second-order valence-electron chi connectivity index (χ2n) is 4.21. The number of hydrogen-bond donors (Lipinski definition) is 3. The van der Waals surface area contributed by atoms with Crippen molar-refractivity contribution in [2.45, 2.75) is 13.0 Å². The number of halogens is 1. The maximum Gasteiger partial charge on any atom is 0.285 e. The predicted octanol–water partition coefficient (Wildman–Crippen LogP) is 0.925. The fourth-order valence-corrected chi connectivity index (χ4v) is 1.68. The third-order valence-corrected chi connectivity index (χ3v) is 2.75. The molecule has 4 N–H and O–H groups in total. The number of nitro benzene ring substituents is 1. The Morgan fingerprint density at radius 2 is 2.29 bits per heavy atom. The molecule has 0 spiro atoms.